The highest BCUT2D eigenvalue weighted by molar-refractivity contribution is 9.10. The predicted octanol–water partition coefficient (Wildman–Crippen LogP) is 1.74. The topological polar surface area (TPSA) is 66.5 Å². The van der Waals surface area contributed by atoms with Crippen LogP contribution in [0.15, 0.2) is 33.6 Å². The molecule has 1 fully saturated rings. The third kappa shape index (κ3) is 3.59. The Bertz CT molecular complexity index is 603. The molecule has 1 aromatic carbocycles. The Labute approximate surface area is 127 Å². The van der Waals surface area contributed by atoms with Crippen LogP contribution in [-0.4, -0.2) is 37.8 Å². The summed E-state index contributed by atoms with van der Waals surface area (Å²) in [6.07, 6.45) is 1.56. The van der Waals surface area contributed by atoms with Gasteiger partial charge in [-0.3, -0.25) is 4.79 Å². The summed E-state index contributed by atoms with van der Waals surface area (Å²) in [5, 5.41) is 2.79. The van der Waals surface area contributed by atoms with Crippen LogP contribution in [0, 0.1) is 0 Å². The molecule has 0 radical (unpaired) electrons. The van der Waals surface area contributed by atoms with Gasteiger partial charge in [-0.15, -0.1) is 0 Å². The van der Waals surface area contributed by atoms with Crippen molar-refractivity contribution in [3.8, 4) is 0 Å². The van der Waals surface area contributed by atoms with Crippen molar-refractivity contribution in [2.75, 3.05) is 13.1 Å². The molecule has 0 spiro atoms. The molecule has 1 aliphatic rings. The number of carbonyl (C=O) groups excluding carboxylic acids is 1. The molecule has 7 heteroatoms. The summed E-state index contributed by atoms with van der Waals surface area (Å²) in [6, 6.07) is 6.56. The Balaban J connectivity index is 2.19. The van der Waals surface area contributed by atoms with Crippen LogP contribution in [-0.2, 0) is 14.8 Å². The molecule has 1 atom stereocenters. The number of halogens is 1. The molecular formula is C13H17BrN2O3S. The molecule has 1 unspecified atom stereocenters. The zero-order chi connectivity index (χ0) is 14.8. The van der Waals surface area contributed by atoms with Gasteiger partial charge in [0.25, 0.3) is 0 Å². The number of benzene rings is 1. The lowest BCUT2D eigenvalue weighted by atomic mass is 10.1. The number of piperidine rings is 1. The summed E-state index contributed by atoms with van der Waals surface area (Å²) >= 11 is 3.28. The van der Waals surface area contributed by atoms with Gasteiger partial charge in [0.2, 0.25) is 15.9 Å². The van der Waals surface area contributed by atoms with Crippen LogP contribution >= 0.6 is 15.9 Å². The molecule has 0 aromatic heterocycles. The number of amides is 1. The van der Waals surface area contributed by atoms with E-state index < -0.39 is 10.0 Å². The molecule has 0 aliphatic carbocycles. The number of nitrogens with zero attached hydrogens (tertiary/aromatic N) is 1. The minimum Gasteiger partial charge on any atom is -0.352 e. The van der Waals surface area contributed by atoms with Gasteiger partial charge in [-0.25, -0.2) is 8.42 Å². The lowest BCUT2D eigenvalue weighted by Gasteiger charge is -2.32. The van der Waals surface area contributed by atoms with Gasteiger partial charge < -0.3 is 5.32 Å². The molecule has 0 bridgehead atoms. The van der Waals surface area contributed by atoms with Crippen LogP contribution in [0.5, 0.6) is 0 Å². The van der Waals surface area contributed by atoms with E-state index >= 15 is 0 Å². The lowest BCUT2D eigenvalue weighted by Crippen LogP contribution is -2.49. The van der Waals surface area contributed by atoms with Crippen LogP contribution < -0.4 is 5.32 Å². The van der Waals surface area contributed by atoms with Gasteiger partial charge in [-0.1, -0.05) is 22.0 Å². The van der Waals surface area contributed by atoms with Gasteiger partial charge in [-0.05, 0) is 31.0 Å². The van der Waals surface area contributed by atoms with Crippen molar-refractivity contribution in [3.63, 3.8) is 0 Å². The van der Waals surface area contributed by atoms with Crippen molar-refractivity contribution in [1.82, 2.24) is 9.62 Å². The van der Waals surface area contributed by atoms with E-state index in [-0.39, 0.29) is 16.8 Å². The van der Waals surface area contributed by atoms with E-state index in [0.717, 1.165) is 17.3 Å². The Hall–Kier alpha value is -0.920. The first kappa shape index (κ1) is 15.5. The van der Waals surface area contributed by atoms with Crippen molar-refractivity contribution in [2.24, 2.45) is 0 Å². The summed E-state index contributed by atoms with van der Waals surface area (Å²) in [5.74, 6) is -0.128. The van der Waals surface area contributed by atoms with Crippen molar-refractivity contribution in [2.45, 2.75) is 30.7 Å². The second kappa shape index (κ2) is 6.24. The molecule has 1 heterocycles. The smallest absolute Gasteiger partial charge is 0.243 e. The van der Waals surface area contributed by atoms with Gasteiger partial charge in [0.15, 0.2) is 0 Å². The minimum absolute atomic E-state index is 0.108. The molecule has 2 rings (SSSR count). The zero-order valence-electron chi connectivity index (χ0n) is 11.2. The molecule has 5 nitrogen and oxygen atoms in total. The van der Waals surface area contributed by atoms with Crippen LogP contribution in [0.25, 0.3) is 0 Å². The van der Waals surface area contributed by atoms with Gasteiger partial charge in [0, 0.05) is 30.5 Å². The summed E-state index contributed by atoms with van der Waals surface area (Å²) in [7, 11) is -3.50. The largest absolute Gasteiger partial charge is 0.352 e. The third-order valence-electron chi connectivity index (χ3n) is 3.23. The van der Waals surface area contributed by atoms with E-state index in [1.807, 2.05) is 0 Å². The Kier molecular flexibility index (Phi) is 4.82. The monoisotopic (exact) mass is 360 g/mol. The number of hydrogen-bond acceptors (Lipinski definition) is 3. The molecule has 1 aliphatic heterocycles. The van der Waals surface area contributed by atoms with Gasteiger partial charge in [-0.2, -0.15) is 4.31 Å². The first-order valence-electron chi connectivity index (χ1n) is 6.42. The zero-order valence-corrected chi connectivity index (χ0v) is 13.6. The quantitative estimate of drug-likeness (QED) is 0.892. The second-order valence-corrected chi connectivity index (χ2v) is 7.71. The van der Waals surface area contributed by atoms with Crippen LogP contribution in [0.1, 0.15) is 19.8 Å². The fourth-order valence-corrected chi connectivity index (χ4v) is 4.46. The summed E-state index contributed by atoms with van der Waals surface area (Å²) < 4.78 is 27.3. The number of carbonyl (C=O) groups is 1. The third-order valence-corrected chi connectivity index (χ3v) is 5.58. The maximum atomic E-state index is 12.6. The van der Waals surface area contributed by atoms with Crippen LogP contribution in [0.4, 0.5) is 0 Å². The molecule has 0 saturated carbocycles. The van der Waals surface area contributed by atoms with Crippen molar-refractivity contribution in [1.29, 1.82) is 0 Å². The maximum absolute atomic E-state index is 12.6. The number of nitrogens with one attached hydrogen (secondary N) is 1. The molecule has 1 N–H and O–H groups in total. The second-order valence-electron chi connectivity index (χ2n) is 4.86. The van der Waals surface area contributed by atoms with Gasteiger partial charge in [0.05, 0.1) is 4.90 Å². The Morgan fingerprint density at radius 2 is 2.20 bits per heavy atom. The number of sulfonamides is 1. The SMILES string of the molecule is CC(=O)NC1CCCN(S(=O)(=O)c2cccc(Br)c2)C1. The highest BCUT2D eigenvalue weighted by atomic mass is 79.9. The highest BCUT2D eigenvalue weighted by Gasteiger charge is 2.30. The molecule has 110 valence electrons. The van der Waals surface area contributed by atoms with Crippen LogP contribution in [0.2, 0.25) is 0 Å². The summed E-state index contributed by atoms with van der Waals surface area (Å²) in [4.78, 5) is 11.4. The maximum Gasteiger partial charge on any atom is 0.243 e. The highest BCUT2D eigenvalue weighted by Crippen LogP contribution is 2.23. The van der Waals surface area contributed by atoms with E-state index in [0.29, 0.717) is 13.1 Å². The van der Waals surface area contributed by atoms with E-state index in [2.05, 4.69) is 21.2 Å². The standard InChI is InChI=1S/C13H17BrN2O3S/c1-10(17)15-12-5-3-7-16(9-12)20(18,19)13-6-2-4-11(14)8-13/h2,4,6,8,12H,3,5,7,9H2,1H3,(H,15,17). The average Bonchev–Trinajstić information content (AvgIpc) is 2.38. The molecule has 1 saturated heterocycles. The van der Waals surface area contributed by atoms with E-state index in [9.17, 15) is 13.2 Å². The first-order valence-corrected chi connectivity index (χ1v) is 8.66. The first-order chi connectivity index (χ1) is 9.39. The summed E-state index contributed by atoms with van der Waals surface area (Å²) in [6.45, 7) is 2.26. The van der Waals surface area contributed by atoms with E-state index in [1.165, 1.54) is 11.2 Å². The van der Waals surface area contributed by atoms with E-state index in [4.69, 9.17) is 0 Å². The van der Waals surface area contributed by atoms with Gasteiger partial charge in [0.1, 0.15) is 0 Å². The average molecular weight is 361 g/mol. The van der Waals surface area contributed by atoms with Crippen molar-refractivity contribution >= 4 is 31.9 Å². The predicted molar refractivity (Wildman–Crippen MR) is 79.7 cm³/mol. The normalized spacial score (nSPS) is 20.6. The molecular weight excluding hydrogens is 344 g/mol. The molecule has 20 heavy (non-hydrogen) atoms. The molecule has 1 aromatic rings. The summed E-state index contributed by atoms with van der Waals surface area (Å²) in [5.41, 5.74) is 0. The Morgan fingerprint density at radius 1 is 1.45 bits per heavy atom. The van der Waals surface area contributed by atoms with E-state index in [1.54, 1.807) is 24.3 Å². The van der Waals surface area contributed by atoms with Gasteiger partial charge >= 0.3 is 0 Å². The number of hydrogen-bond donors (Lipinski definition) is 1. The minimum atomic E-state index is -3.50. The van der Waals surface area contributed by atoms with Crippen LogP contribution in [0.3, 0.4) is 0 Å². The lowest BCUT2D eigenvalue weighted by molar-refractivity contribution is -0.119. The fourth-order valence-electron chi connectivity index (χ4n) is 2.34. The number of rotatable bonds is 3. The Morgan fingerprint density at radius 3 is 2.85 bits per heavy atom. The van der Waals surface area contributed by atoms with Crippen molar-refractivity contribution in [3.05, 3.63) is 28.7 Å². The van der Waals surface area contributed by atoms with Crippen molar-refractivity contribution < 1.29 is 13.2 Å². The fraction of sp³-hybridized carbons (Fsp3) is 0.462. The molecule has 1 amide bonds.